The average molecular weight is 225 g/mol. The van der Waals surface area contributed by atoms with Gasteiger partial charge in [0, 0.05) is 26.2 Å². The molecule has 1 aliphatic carbocycles. The van der Waals surface area contributed by atoms with Gasteiger partial charge in [-0.25, -0.2) is 5.01 Å². The van der Waals surface area contributed by atoms with Gasteiger partial charge >= 0.3 is 0 Å². The van der Waals surface area contributed by atoms with Gasteiger partial charge in [-0.2, -0.15) is 0 Å². The highest BCUT2D eigenvalue weighted by molar-refractivity contribution is 4.71. The Balaban J connectivity index is 1.57. The van der Waals surface area contributed by atoms with Crippen molar-refractivity contribution in [1.82, 2.24) is 15.3 Å². The molecule has 1 aliphatic heterocycles. The maximum atomic E-state index is 3.65. The minimum atomic E-state index is 0.748. The van der Waals surface area contributed by atoms with E-state index in [1.54, 1.807) is 0 Å². The van der Waals surface area contributed by atoms with Crippen LogP contribution in [0.4, 0.5) is 0 Å². The maximum absolute atomic E-state index is 3.65. The van der Waals surface area contributed by atoms with Crippen molar-refractivity contribution in [2.75, 3.05) is 33.2 Å². The van der Waals surface area contributed by atoms with Crippen LogP contribution in [-0.2, 0) is 0 Å². The fourth-order valence-corrected chi connectivity index (χ4v) is 2.91. The van der Waals surface area contributed by atoms with Gasteiger partial charge in [-0.1, -0.05) is 19.3 Å². The number of hydrogen-bond donors (Lipinski definition) is 1. The topological polar surface area (TPSA) is 18.5 Å². The van der Waals surface area contributed by atoms with E-state index < -0.39 is 0 Å². The predicted molar refractivity (Wildman–Crippen MR) is 68.3 cm³/mol. The fourth-order valence-electron chi connectivity index (χ4n) is 2.91. The maximum Gasteiger partial charge on any atom is 0.0255 e. The normalized spacial score (nSPS) is 24.4. The van der Waals surface area contributed by atoms with Crippen LogP contribution in [0.1, 0.15) is 44.9 Å². The molecule has 0 radical (unpaired) electrons. The Morgan fingerprint density at radius 2 is 1.75 bits per heavy atom. The van der Waals surface area contributed by atoms with E-state index in [-0.39, 0.29) is 0 Å². The van der Waals surface area contributed by atoms with Crippen LogP contribution in [0, 0.1) is 0 Å². The average Bonchev–Trinajstić information content (AvgIpc) is 2.81. The van der Waals surface area contributed by atoms with E-state index in [1.807, 2.05) is 0 Å². The SMILES string of the molecule is CN(CCN1CCCC1)NC1CCCCC1. The van der Waals surface area contributed by atoms with E-state index in [2.05, 4.69) is 22.4 Å². The highest BCUT2D eigenvalue weighted by atomic mass is 15.5. The number of hydrazine groups is 1. The molecular weight excluding hydrogens is 198 g/mol. The lowest BCUT2D eigenvalue weighted by atomic mass is 9.96. The molecular formula is C13H27N3. The molecule has 0 amide bonds. The first-order valence-electron chi connectivity index (χ1n) is 7.04. The van der Waals surface area contributed by atoms with Crippen molar-refractivity contribution in [3.8, 4) is 0 Å². The number of nitrogens with zero attached hydrogens (tertiary/aromatic N) is 2. The third-order valence-corrected chi connectivity index (χ3v) is 3.96. The van der Waals surface area contributed by atoms with Crippen LogP contribution >= 0.6 is 0 Å². The molecule has 16 heavy (non-hydrogen) atoms. The highest BCUT2D eigenvalue weighted by Crippen LogP contribution is 2.17. The number of rotatable bonds is 5. The largest absolute Gasteiger partial charge is 0.302 e. The Morgan fingerprint density at radius 3 is 2.44 bits per heavy atom. The number of likely N-dealkylation sites (tertiary alicyclic amines) is 1. The van der Waals surface area contributed by atoms with Gasteiger partial charge in [-0.05, 0) is 38.8 Å². The molecule has 0 aromatic heterocycles. The molecule has 3 nitrogen and oxygen atoms in total. The minimum absolute atomic E-state index is 0.748. The summed E-state index contributed by atoms with van der Waals surface area (Å²) < 4.78 is 0. The Labute approximate surface area is 100 Å². The molecule has 1 saturated carbocycles. The molecule has 0 bridgehead atoms. The third-order valence-electron chi connectivity index (χ3n) is 3.96. The van der Waals surface area contributed by atoms with Crippen molar-refractivity contribution in [3.05, 3.63) is 0 Å². The van der Waals surface area contributed by atoms with Gasteiger partial charge in [0.25, 0.3) is 0 Å². The van der Waals surface area contributed by atoms with Crippen LogP contribution in [-0.4, -0.2) is 49.2 Å². The van der Waals surface area contributed by atoms with Crippen LogP contribution in [0.25, 0.3) is 0 Å². The molecule has 1 heterocycles. The van der Waals surface area contributed by atoms with Crippen molar-refractivity contribution >= 4 is 0 Å². The van der Waals surface area contributed by atoms with Crippen molar-refractivity contribution in [1.29, 1.82) is 0 Å². The summed E-state index contributed by atoms with van der Waals surface area (Å²) in [6.45, 7) is 5.03. The molecule has 94 valence electrons. The summed E-state index contributed by atoms with van der Waals surface area (Å²) in [5.74, 6) is 0. The zero-order chi connectivity index (χ0) is 11.2. The summed E-state index contributed by atoms with van der Waals surface area (Å²) in [5.41, 5.74) is 3.65. The predicted octanol–water partition coefficient (Wildman–Crippen LogP) is 1.85. The molecule has 2 aliphatic rings. The Hall–Kier alpha value is -0.120. The molecule has 2 rings (SSSR count). The second-order valence-electron chi connectivity index (χ2n) is 5.43. The lowest BCUT2D eigenvalue weighted by Crippen LogP contribution is -2.46. The van der Waals surface area contributed by atoms with Crippen LogP contribution in [0.5, 0.6) is 0 Å². The molecule has 0 unspecified atom stereocenters. The first-order chi connectivity index (χ1) is 7.84. The van der Waals surface area contributed by atoms with Crippen LogP contribution < -0.4 is 5.43 Å². The van der Waals surface area contributed by atoms with E-state index in [4.69, 9.17) is 0 Å². The van der Waals surface area contributed by atoms with Crippen molar-refractivity contribution in [2.24, 2.45) is 0 Å². The van der Waals surface area contributed by atoms with Crippen molar-refractivity contribution in [3.63, 3.8) is 0 Å². The molecule has 0 aromatic rings. The van der Waals surface area contributed by atoms with Gasteiger partial charge < -0.3 is 4.90 Å². The Bertz CT molecular complexity index is 184. The van der Waals surface area contributed by atoms with E-state index in [0.717, 1.165) is 12.6 Å². The van der Waals surface area contributed by atoms with Gasteiger partial charge in [0.1, 0.15) is 0 Å². The fraction of sp³-hybridized carbons (Fsp3) is 1.00. The lowest BCUT2D eigenvalue weighted by Gasteiger charge is -2.29. The quantitative estimate of drug-likeness (QED) is 0.720. The molecule has 1 saturated heterocycles. The Morgan fingerprint density at radius 1 is 1.06 bits per heavy atom. The monoisotopic (exact) mass is 225 g/mol. The summed E-state index contributed by atoms with van der Waals surface area (Å²) in [6.07, 6.45) is 9.81. The van der Waals surface area contributed by atoms with Gasteiger partial charge in [0.05, 0.1) is 0 Å². The number of likely N-dealkylation sites (N-methyl/N-ethyl adjacent to an activating group) is 1. The second kappa shape index (κ2) is 6.58. The molecule has 3 heteroatoms. The van der Waals surface area contributed by atoms with Gasteiger partial charge in [-0.3, -0.25) is 5.43 Å². The van der Waals surface area contributed by atoms with E-state index >= 15 is 0 Å². The summed E-state index contributed by atoms with van der Waals surface area (Å²) in [7, 11) is 2.20. The molecule has 0 spiro atoms. The third kappa shape index (κ3) is 4.04. The van der Waals surface area contributed by atoms with Gasteiger partial charge in [0.2, 0.25) is 0 Å². The van der Waals surface area contributed by atoms with Crippen LogP contribution in [0.15, 0.2) is 0 Å². The number of nitrogens with one attached hydrogen (secondary N) is 1. The summed E-state index contributed by atoms with van der Waals surface area (Å²) in [5, 5.41) is 2.31. The van der Waals surface area contributed by atoms with Crippen LogP contribution in [0.2, 0.25) is 0 Å². The van der Waals surface area contributed by atoms with Crippen molar-refractivity contribution in [2.45, 2.75) is 51.0 Å². The first-order valence-corrected chi connectivity index (χ1v) is 7.04. The summed E-state index contributed by atoms with van der Waals surface area (Å²) in [4.78, 5) is 2.58. The number of hydrogen-bond acceptors (Lipinski definition) is 3. The Kier molecular flexibility index (Phi) is 5.07. The smallest absolute Gasteiger partial charge is 0.0255 e. The van der Waals surface area contributed by atoms with E-state index in [1.165, 1.54) is 64.6 Å². The molecule has 1 N–H and O–H groups in total. The van der Waals surface area contributed by atoms with Crippen molar-refractivity contribution < 1.29 is 0 Å². The standard InChI is InChI=1S/C13H27N3/c1-15(11-12-16-9-5-6-10-16)14-13-7-3-2-4-8-13/h13-14H,2-12H2,1H3. The molecule has 0 atom stereocenters. The molecule has 2 fully saturated rings. The summed E-state index contributed by atoms with van der Waals surface area (Å²) in [6, 6.07) is 0.748. The van der Waals surface area contributed by atoms with E-state index in [0.29, 0.717) is 0 Å². The van der Waals surface area contributed by atoms with Crippen LogP contribution in [0.3, 0.4) is 0 Å². The minimum Gasteiger partial charge on any atom is -0.302 e. The zero-order valence-corrected chi connectivity index (χ0v) is 10.7. The van der Waals surface area contributed by atoms with Gasteiger partial charge in [-0.15, -0.1) is 0 Å². The first kappa shape index (κ1) is 12.3. The zero-order valence-electron chi connectivity index (χ0n) is 10.7. The van der Waals surface area contributed by atoms with Gasteiger partial charge in [0.15, 0.2) is 0 Å². The lowest BCUT2D eigenvalue weighted by molar-refractivity contribution is 0.154. The molecule has 0 aromatic carbocycles. The van der Waals surface area contributed by atoms with E-state index in [9.17, 15) is 0 Å². The summed E-state index contributed by atoms with van der Waals surface area (Å²) >= 11 is 0. The highest BCUT2D eigenvalue weighted by Gasteiger charge is 2.15. The second-order valence-corrected chi connectivity index (χ2v) is 5.43.